The summed E-state index contributed by atoms with van der Waals surface area (Å²) in [7, 11) is 5.71. The lowest BCUT2D eigenvalue weighted by molar-refractivity contribution is 0.632. The van der Waals surface area contributed by atoms with E-state index in [1.54, 1.807) is 0 Å². The molecule has 0 bridgehead atoms. The van der Waals surface area contributed by atoms with Crippen molar-refractivity contribution >= 4 is 7.85 Å². The molecule has 0 amide bonds. The highest BCUT2D eigenvalue weighted by Gasteiger charge is 2.32. The Morgan fingerprint density at radius 1 is 0.889 bits per heavy atom. The minimum absolute atomic E-state index is 0.483. The fourth-order valence-corrected chi connectivity index (χ4v) is 2.30. The quantitative estimate of drug-likeness (QED) is 0.739. The normalized spacial score (nSPS) is 10.8. The molecule has 2 rings (SSSR count). The summed E-state index contributed by atoms with van der Waals surface area (Å²) in [5.41, 5.74) is 1.37. The van der Waals surface area contributed by atoms with Crippen LogP contribution >= 0.6 is 0 Å². The maximum atomic E-state index is 9.71. The van der Waals surface area contributed by atoms with Gasteiger partial charge in [-0.3, -0.25) is 0 Å². The second-order valence-electron chi connectivity index (χ2n) is 4.29. The van der Waals surface area contributed by atoms with E-state index in [0.717, 1.165) is 11.1 Å². The van der Waals surface area contributed by atoms with Crippen molar-refractivity contribution in [1.82, 2.24) is 0 Å². The Hall–Kier alpha value is -2.01. The van der Waals surface area contributed by atoms with Gasteiger partial charge in [0.05, 0.1) is 13.9 Å². The lowest BCUT2D eigenvalue weighted by atomic mass is 9.70. The third-order valence-corrected chi connectivity index (χ3v) is 3.24. The molecule has 0 heterocycles. The van der Waals surface area contributed by atoms with Crippen molar-refractivity contribution in [2.75, 3.05) is 0 Å². The topological polar surface area (TPSA) is 23.8 Å². The van der Waals surface area contributed by atoms with E-state index in [9.17, 15) is 5.26 Å². The van der Waals surface area contributed by atoms with Gasteiger partial charge in [-0.25, -0.2) is 0 Å². The Kier molecular flexibility index (Phi) is 3.84. The fourth-order valence-electron chi connectivity index (χ4n) is 2.30. The number of hydrogen-bond acceptors (Lipinski definition) is 1. The molecule has 0 N–H and O–H groups in total. The minimum atomic E-state index is -0.642. The van der Waals surface area contributed by atoms with Crippen molar-refractivity contribution in [2.45, 2.75) is 18.2 Å². The smallest absolute Gasteiger partial charge is 0.106 e. The first-order valence-corrected chi connectivity index (χ1v) is 6.06. The van der Waals surface area contributed by atoms with Gasteiger partial charge in [0.2, 0.25) is 0 Å². The van der Waals surface area contributed by atoms with Crippen LogP contribution in [0.4, 0.5) is 0 Å². The van der Waals surface area contributed by atoms with Gasteiger partial charge >= 0.3 is 0 Å². The van der Waals surface area contributed by atoms with E-state index in [-0.39, 0.29) is 0 Å². The third kappa shape index (κ3) is 2.17. The van der Waals surface area contributed by atoms with E-state index in [1.807, 2.05) is 60.7 Å². The zero-order valence-electron chi connectivity index (χ0n) is 10.2. The fraction of sp³-hybridized carbons (Fsp3) is 0.188. The lowest BCUT2D eigenvalue weighted by Crippen LogP contribution is -2.25. The van der Waals surface area contributed by atoms with Gasteiger partial charge in [0, 0.05) is 0 Å². The molecule has 0 spiro atoms. The highest BCUT2D eigenvalue weighted by atomic mass is 14.4. The Labute approximate surface area is 109 Å². The van der Waals surface area contributed by atoms with Gasteiger partial charge in [-0.2, -0.15) is 5.26 Å². The zero-order chi connectivity index (χ0) is 12.8. The van der Waals surface area contributed by atoms with Gasteiger partial charge in [-0.15, -0.1) is 0 Å². The molecule has 18 heavy (non-hydrogen) atoms. The van der Waals surface area contributed by atoms with Crippen molar-refractivity contribution in [3.8, 4) is 6.07 Å². The van der Waals surface area contributed by atoms with Crippen molar-refractivity contribution in [3.05, 3.63) is 71.8 Å². The maximum absolute atomic E-state index is 9.71. The Balaban J connectivity index is 2.58. The molecule has 0 saturated carbocycles. The molecule has 0 atom stereocenters. The minimum Gasteiger partial charge on any atom is -0.197 e. The number of nitriles is 1. The molecule has 2 heteroatoms. The molecule has 0 aliphatic heterocycles. The van der Waals surface area contributed by atoms with Crippen LogP contribution in [0.3, 0.4) is 0 Å². The number of benzene rings is 2. The number of hydrogen-bond donors (Lipinski definition) is 0. The Morgan fingerprint density at radius 2 is 1.33 bits per heavy atom. The van der Waals surface area contributed by atoms with Crippen molar-refractivity contribution < 1.29 is 0 Å². The van der Waals surface area contributed by atoms with Crippen molar-refractivity contribution in [2.24, 2.45) is 0 Å². The summed E-state index contributed by atoms with van der Waals surface area (Å²) in [4.78, 5) is 0. The van der Waals surface area contributed by atoms with Gasteiger partial charge < -0.3 is 0 Å². The first kappa shape index (κ1) is 12.5. The van der Waals surface area contributed by atoms with Crippen molar-refractivity contribution in [1.29, 1.82) is 5.26 Å². The first-order valence-electron chi connectivity index (χ1n) is 6.06. The molecule has 2 aromatic carbocycles. The number of nitrogens with zero attached hydrogens (tertiary/aromatic N) is 1. The molecular formula is C16H14BN. The molecule has 1 nitrogen and oxygen atoms in total. The molecule has 2 radical (unpaired) electrons. The van der Waals surface area contributed by atoms with Crippen LogP contribution in [0.15, 0.2) is 60.7 Å². The number of rotatable bonds is 4. The largest absolute Gasteiger partial charge is 0.197 e. The van der Waals surface area contributed by atoms with Gasteiger partial charge in [-0.05, 0) is 17.5 Å². The van der Waals surface area contributed by atoms with Crippen LogP contribution in [0.1, 0.15) is 17.5 Å². The summed E-state index contributed by atoms with van der Waals surface area (Å²) in [6.07, 6.45) is 1.11. The first-order chi connectivity index (χ1) is 8.83. The van der Waals surface area contributed by atoms with E-state index in [2.05, 4.69) is 6.07 Å². The van der Waals surface area contributed by atoms with Gasteiger partial charge in [0.25, 0.3) is 0 Å². The van der Waals surface area contributed by atoms with Crippen LogP contribution in [-0.2, 0) is 5.41 Å². The van der Waals surface area contributed by atoms with E-state index in [1.165, 1.54) is 0 Å². The summed E-state index contributed by atoms with van der Waals surface area (Å²) in [6, 6.07) is 22.2. The van der Waals surface area contributed by atoms with Crippen LogP contribution in [0.5, 0.6) is 0 Å². The summed E-state index contributed by atoms with van der Waals surface area (Å²) in [5, 5.41) is 9.71. The Morgan fingerprint density at radius 3 is 1.67 bits per heavy atom. The highest BCUT2D eigenvalue weighted by molar-refractivity contribution is 6.08. The lowest BCUT2D eigenvalue weighted by Gasteiger charge is -2.27. The standard InChI is InChI=1S/C16H14BN/c17-12-11-16(13-18,14-7-3-1-4-8-14)15-9-5-2-6-10-15/h1-10H,11-12H2. The molecule has 0 saturated heterocycles. The SMILES string of the molecule is [B]CCC(C#N)(c1ccccc1)c1ccccc1. The zero-order valence-corrected chi connectivity index (χ0v) is 10.2. The van der Waals surface area contributed by atoms with Crippen LogP contribution in [0.2, 0.25) is 6.32 Å². The van der Waals surface area contributed by atoms with E-state index in [0.29, 0.717) is 12.7 Å². The van der Waals surface area contributed by atoms with Gasteiger partial charge in [0.15, 0.2) is 0 Å². The van der Waals surface area contributed by atoms with Crippen LogP contribution in [0, 0.1) is 11.3 Å². The Bertz CT molecular complexity index is 489. The van der Waals surface area contributed by atoms with Crippen molar-refractivity contribution in [3.63, 3.8) is 0 Å². The molecule has 86 valence electrons. The summed E-state index contributed by atoms with van der Waals surface area (Å²) < 4.78 is 0. The second-order valence-corrected chi connectivity index (χ2v) is 4.29. The molecule has 0 aliphatic rings. The average Bonchev–Trinajstić information content (AvgIpc) is 2.47. The van der Waals surface area contributed by atoms with E-state index < -0.39 is 5.41 Å². The monoisotopic (exact) mass is 231 g/mol. The molecule has 0 unspecified atom stereocenters. The molecule has 0 aliphatic carbocycles. The predicted octanol–water partition coefficient (Wildman–Crippen LogP) is 3.47. The molecular weight excluding hydrogens is 217 g/mol. The van der Waals surface area contributed by atoms with Crippen LogP contribution in [0.25, 0.3) is 0 Å². The summed E-state index contributed by atoms with van der Waals surface area (Å²) in [6.45, 7) is 0. The molecule has 0 aromatic heterocycles. The van der Waals surface area contributed by atoms with E-state index in [4.69, 9.17) is 7.85 Å². The second kappa shape index (κ2) is 5.55. The summed E-state index contributed by atoms with van der Waals surface area (Å²) >= 11 is 0. The van der Waals surface area contributed by atoms with Gasteiger partial charge in [0.1, 0.15) is 5.41 Å². The predicted molar refractivity (Wildman–Crippen MR) is 74.5 cm³/mol. The van der Waals surface area contributed by atoms with Crippen LogP contribution in [-0.4, -0.2) is 7.85 Å². The third-order valence-electron chi connectivity index (χ3n) is 3.24. The van der Waals surface area contributed by atoms with Gasteiger partial charge in [-0.1, -0.05) is 67.0 Å². The summed E-state index contributed by atoms with van der Waals surface area (Å²) in [5.74, 6) is 0. The molecule has 2 aromatic rings. The molecule has 0 fully saturated rings. The van der Waals surface area contributed by atoms with Crippen LogP contribution < -0.4 is 0 Å². The highest BCUT2D eigenvalue weighted by Crippen LogP contribution is 2.35. The average molecular weight is 231 g/mol. The van der Waals surface area contributed by atoms with E-state index >= 15 is 0 Å². The maximum Gasteiger partial charge on any atom is 0.106 e.